The summed E-state index contributed by atoms with van der Waals surface area (Å²) in [6.07, 6.45) is -4.65. The molecule has 0 saturated carbocycles. The van der Waals surface area contributed by atoms with Crippen LogP contribution in [0, 0.1) is 0 Å². The minimum atomic E-state index is -4.82. The number of anilines is 1. The second-order valence-electron chi connectivity index (χ2n) is 4.06. The van der Waals surface area contributed by atoms with E-state index in [1.165, 1.54) is 4.90 Å². The molecule has 1 aromatic carbocycles. The van der Waals surface area contributed by atoms with Gasteiger partial charge in [-0.15, -0.1) is 13.2 Å². The van der Waals surface area contributed by atoms with Crippen molar-refractivity contribution in [2.75, 3.05) is 11.4 Å². The number of hydrogen-bond acceptors (Lipinski definition) is 4. The molecular weight excluding hydrogens is 283 g/mol. The Morgan fingerprint density at radius 2 is 2.11 bits per heavy atom. The van der Waals surface area contributed by atoms with Gasteiger partial charge in [0.2, 0.25) is 5.91 Å². The summed E-state index contributed by atoms with van der Waals surface area (Å²) in [6, 6.07) is 3.01. The zero-order valence-electron chi connectivity index (χ0n) is 9.52. The third-order valence-corrected chi connectivity index (χ3v) is 2.92. The predicted octanol–water partition coefficient (Wildman–Crippen LogP) is 2.33. The van der Waals surface area contributed by atoms with Crippen molar-refractivity contribution in [2.24, 2.45) is 0 Å². The normalized spacial score (nSPS) is 19.9. The van der Waals surface area contributed by atoms with E-state index in [2.05, 4.69) is 17.4 Å². The lowest BCUT2D eigenvalue weighted by Crippen LogP contribution is -2.25. The second kappa shape index (κ2) is 4.84. The molecule has 1 aliphatic heterocycles. The Balaban J connectivity index is 2.30. The van der Waals surface area contributed by atoms with Gasteiger partial charge >= 0.3 is 6.36 Å². The van der Waals surface area contributed by atoms with Crippen LogP contribution in [-0.2, 0) is 4.79 Å². The summed E-state index contributed by atoms with van der Waals surface area (Å²) in [5.41, 5.74) is -0.0108. The van der Waals surface area contributed by atoms with Crippen molar-refractivity contribution in [3.63, 3.8) is 0 Å². The van der Waals surface area contributed by atoms with E-state index in [1.54, 1.807) is 0 Å². The molecule has 0 aliphatic carbocycles. The molecule has 0 aromatic heterocycles. The zero-order chi connectivity index (χ0) is 14.2. The maximum atomic E-state index is 12.1. The number of carbonyl (C=O) groups excluding carboxylic acids is 1. The van der Waals surface area contributed by atoms with Gasteiger partial charge in [0.15, 0.2) is 0 Å². The molecule has 0 radical (unpaired) electrons. The maximum Gasteiger partial charge on any atom is 0.573 e. The first-order chi connectivity index (χ1) is 8.76. The second-order valence-corrected chi connectivity index (χ2v) is 4.79. The highest BCUT2D eigenvalue weighted by molar-refractivity contribution is 7.81. The van der Waals surface area contributed by atoms with Gasteiger partial charge in [0, 0.05) is 24.3 Å². The number of hydrogen-bond donors (Lipinski definition) is 2. The summed E-state index contributed by atoms with van der Waals surface area (Å²) in [5, 5.41) is 9.43. The van der Waals surface area contributed by atoms with Crippen LogP contribution < -0.4 is 9.64 Å². The van der Waals surface area contributed by atoms with E-state index in [-0.39, 0.29) is 35.6 Å². The SMILES string of the molecule is O=C1CC(S)CN1c1cc(OC(F)(F)F)ccc1O. The van der Waals surface area contributed by atoms with Crippen LogP contribution in [0.15, 0.2) is 18.2 Å². The van der Waals surface area contributed by atoms with E-state index < -0.39 is 12.1 Å². The van der Waals surface area contributed by atoms with Gasteiger partial charge in [-0.2, -0.15) is 12.6 Å². The van der Waals surface area contributed by atoms with Crippen molar-refractivity contribution in [2.45, 2.75) is 18.0 Å². The Morgan fingerprint density at radius 1 is 1.42 bits per heavy atom. The van der Waals surface area contributed by atoms with Crippen LogP contribution in [0.25, 0.3) is 0 Å². The van der Waals surface area contributed by atoms with Gasteiger partial charge in [0.05, 0.1) is 5.69 Å². The summed E-state index contributed by atoms with van der Waals surface area (Å²) in [6.45, 7) is 0.227. The third-order valence-electron chi connectivity index (χ3n) is 2.58. The number of thiol groups is 1. The van der Waals surface area contributed by atoms with E-state index in [4.69, 9.17) is 0 Å². The highest BCUT2D eigenvalue weighted by Crippen LogP contribution is 2.36. The molecular formula is C11H10F3NO3S. The summed E-state index contributed by atoms with van der Waals surface area (Å²) in [4.78, 5) is 12.8. The molecule has 1 heterocycles. The number of halogens is 3. The fourth-order valence-corrected chi connectivity index (χ4v) is 2.16. The fraction of sp³-hybridized carbons (Fsp3) is 0.364. The van der Waals surface area contributed by atoms with Crippen LogP contribution in [0.2, 0.25) is 0 Å². The van der Waals surface area contributed by atoms with Crippen molar-refractivity contribution < 1.29 is 27.8 Å². The molecule has 0 spiro atoms. The molecule has 19 heavy (non-hydrogen) atoms. The van der Waals surface area contributed by atoms with Crippen molar-refractivity contribution >= 4 is 24.2 Å². The van der Waals surface area contributed by atoms with Crippen molar-refractivity contribution in [1.29, 1.82) is 0 Å². The Kier molecular flexibility index (Phi) is 3.53. The average Bonchev–Trinajstić information content (AvgIpc) is 2.58. The van der Waals surface area contributed by atoms with Crippen LogP contribution in [0.3, 0.4) is 0 Å². The Labute approximate surface area is 112 Å². The number of nitrogens with zero attached hydrogens (tertiary/aromatic N) is 1. The highest BCUT2D eigenvalue weighted by Gasteiger charge is 2.33. The van der Waals surface area contributed by atoms with E-state index in [9.17, 15) is 23.1 Å². The lowest BCUT2D eigenvalue weighted by atomic mass is 10.2. The number of amides is 1. The molecule has 1 atom stereocenters. The number of carbonyl (C=O) groups is 1. The first-order valence-corrected chi connectivity index (χ1v) is 5.85. The monoisotopic (exact) mass is 293 g/mol. The zero-order valence-corrected chi connectivity index (χ0v) is 10.4. The minimum Gasteiger partial charge on any atom is -0.506 e. The third kappa shape index (κ3) is 3.25. The molecule has 1 unspecified atom stereocenters. The van der Waals surface area contributed by atoms with Crippen LogP contribution in [-0.4, -0.2) is 29.2 Å². The quantitative estimate of drug-likeness (QED) is 0.823. The molecule has 1 amide bonds. The highest BCUT2D eigenvalue weighted by atomic mass is 32.1. The van der Waals surface area contributed by atoms with Crippen LogP contribution in [0.5, 0.6) is 11.5 Å². The first-order valence-electron chi connectivity index (χ1n) is 5.33. The van der Waals surface area contributed by atoms with Gasteiger partial charge < -0.3 is 14.7 Å². The van der Waals surface area contributed by atoms with E-state index >= 15 is 0 Å². The smallest absolute Gasteiger partial charge is 0.506 e. The number of aromatic hydroxyl groups is 1. The molecule has 0 bridgehead atoms. The maximum absolute atomic E-state index is 12.1. The number of benzene rings is 1. The van der Waals surface area contributed by atoms with Gasteiger partial charge in [-0.05, 0) is 12.1 Å². The van der Waals surface area contributed by atoms with E-state index in [0.29, 0.717) is 0 Å². The standard InChI is InChI=1S/C11H10F3NO3S/c12-11(13,14)18-6-1-2-9(16)8(3-6)15-5-7(19)4-10(15)17/h1-3,7,16,19H,4-5H2. The largest absolute Gasteiger partial charge is 0.573 e. The van der Waals surface area contributed by atoms with Crippen molar-refractivity contribution in [3.8, 4) is 11.5 Å². The molecule has 1 aromatic rings. The van der Waals surface area contributed by atoms with E-state index in [0.717, 1.165) is 18.2 Å². The summed E-state index contributed by atoms with van der Waals surface area (Å²) >= 11 is 4.13. The number of phenolic OH excluding ortho intramolecular Hbond substituents is 1. The van der Waals surface area contributed by atoms with Crippen LogP contribution in [0.4, 0.5) is 18.9 Å². The number of alkyl halides is 3. The molecule has 1 aliphatic rings. The molecule has 1 N–H and O–H groups in total. The Hall–Kier alpha value is -1.57. The lowest BCUT2D eigenvalue weighted by Gasteiger charge is -2.19. The Bertz CT molecular complexity index is 506. The van der Waals surface area contributed by atoms with Gasteiger partial charge in [0.1, 0.15) is 11.5 Å². The Morgan fingerprint density at radius 3 is 2.63 bits per heavy atom. The van der Waals surface area contributed by atoms with Crippen LogP contribution >= 0.6 is 12.6 Å². The van der Waals surface area contributed by atoms with Gasteiger partial charge in [-0.25, -0.2) is 0 Å². The molecule has 1 fully saturated rings. The molecule has 104 valence electrons. The van der Waals surface area contributed by atoms with Crippen LogP contribution in [0.1, 0.15) is 6.42 Å². The van der Waals surface area contributed by atoms with Gasteiger partial charge in [-0.1, -0.05) is 0 Å². The van der Waals surface area contributed by atoms with Gasteiger partial charge in [0.25, 0.3) is 0 Å². The molecule has 8 heteroatoms. The summed E-state index contributed by atoms with van der Waals surface area (Å²) < 4.78 is 40.1. The first kappa shape index (κ1) is 13.9. The fourth-order valence-electron chi connectivity index (χ4n) is 1.84. The minimum absolute atomic E-state index is 0.0108. The van der Waals surface area contributed by atoms with E-state index in [1.807, 2.05) is 0 Å². The number of phenols is 1. The van der Waals surface area contributed by atoms with Crippen molar-refractivity contribution in [1.82, 2.24) is 0 Å². The average molecular weight is 293 g/mol. The summed E-state index contributed by atoms with van der Waals surface area (Å²) in [7, 11) is 0. The lowest BCUT2D eigenvalue weighted by molar-refractivity contribution is -0.274. The molecule has 1 saturated heterocycles. The van der Waals surface area contributed by atoms with Crippen molar-refractivity contribution in [3.05, 3.63) is 18.2 Å². The molecule has 4 nitrogen and oxygen atoms in total. The molecule has 2 rings (SSSR count). The predicted molar refractivity (Wildman–Crippen MR) is 64.5 cm³/mol. The number of rotatable bonds is 2. The van der Waals surface area contributed by atoms with Gasteiger partial charge in [-0.3, -0.25) is 4.79 Å². The topological polar surface area (TPSA) is 49.8 Å². The summed E-state index contributed by atoms with van der Waals surface area (Å²) in [5.74, 6) is -1.08. The number of ether oxygens (including phenoxy) is 1.